The lowest BCUT2D eigenvalue weighted by Gasteiger charge is -2.25. The highest BCUT2D eigenvalue weighted by Gasteiger charge is 2.45. The second kappa shape index (κ2) is 14.7. The molecule has 4 rings (SSSR count). The van der Waals surface area contributed by atoms with E-state index in [4.69, 9.17) is 28.0 Å². The minimum atomic E-state index is -5.17. The zero-order valence-corrected chi connectivity index (χ0v) is 26.7. The Morgan fingerprint density at radius 1 is 0.812 bits per heavy atom. The number of hydrogen-bond acceptors (Lipinski definition) is 14. The molecule has 0 unspecified atom stereocenters. The van der Waals surface area contributed by atoms with Crippen LogP contribution in [0.15, 0.2) is 31.6 Å². The molecular weight excluding hydrogens is 680 g/mol. The Morgan fingerprint density at radius 3 is 1.56 bits per heavy atom. The van der Waals surface area contributed by atoms with Gasteiger partial charge in [0.2, 0.25) is 0 Å². The highest BCUT2D eigenvalue weighted by Crippen LogP contribution is 2.52. The molecule has 0 amide bonds. The highest BCUT2D eigenvalue weighted by atomic mass is 31.2. The lowest BCUT2D eigenvalue weighted by molar-refractivity contribution is -0.161. The van der Waals surface area contributed by atoms with E-state index >= 15 is 0 Å². The van der Waals surface area contributed by atoms with Gasteiger partial charge in [-0.25, -0.2) is 14.2 Å². The maximum Gasteiger partial charge on any atom is 0.475 e. The topological polar surface area (TPSA) is 226 Å². The van der Waals surface area contributed by atoms with Crippen molar-refractivity contribution in [2.24, 2.45) is 0 Å². The van der Waals surface area contributed by atoms with Gasteiger partial charge in [-0.15, -0.1) is 0 Å². The fourth-order valence-corrected chi connectivity index (χ4v) is 6.10. The van der Waals surface area contributed by atoms with Crippen LogP contribution in [0, 0.1) is 13.8 Å². The van der Waals surface area contributed by atoms with Crippen LogP contribution >= 0.6 is 7.82 Å². The molecule has 48 heavy (non-hydrogen) atoms. The third-order valence-electron chi connectivity index (χ3n) is 7.09. The average molecular weight is 713 g/mol. The molecule has 2 aliphatic heterocycles. The number of phosphoric acid groups is 1. The minimum absolute atomic E-state index is 0.143. The third kappa shape index (κ3) is 9.38. The van der Waals surface area contributed by atoms with Crippen LogP contribution in [0.25, 0.3) is 0 Å². The van der Waals surface area contributed by atoms with Gasteiger partial charge in [0.25, 0.3) is 11.1 Å². The van der Waals surface area contributed by atoms with E-state index < -0.39 is 105 Å². The second-order valence-corrected chi connectivity index (χ2v) is 12.6. The van der Waals surface area contributed by atoms with E-state index in [2.05, 4.69) is 14.5 Å². The number of esters is 2. The molecule has 0 bridgehead atoms. The molecule has 18 nitrogen and oxygen atoms in total. The van der Waals surface area contributed by atoms with E-state index in [0.29, 0.717) is 0 Å². The van der Waals surface area contributed by atoms with Gasteiger partial charge < -0.3 is 18.9 Å². The van der Waals surface area contributed by atoms with Gasteiger partial charge in [0.15, 0.2) is 6.61 Å². The van der Waals surface area contributed by atoms with Crippen molar-refractivity contribution < 1.29 is 59.8 Å². The van der Waals surface area contributed by atoms with Gasteiger partial charge in [-0.3, -0.25) is 51.9 Å². The predicted octanol–water partition coefficient (Wildman–Crippen LogP) is 0.862. The lowest BCUT2D eigenvalue weighted by atomic mass is 10.2. The minimum Gasteiger partial charge on any atom is -0.460 e. The fourth-order valence-electron chi connectivity index (χ4n) is 4.91. The van der Waals surface area contributed by atoms with E-state index in [1.54, 1.807) is 0 Å². The number of halogens is 3. The zero-order chi connectivity index (χ0) is 35.6. The summed E-state index contributed by atoms with van der Waals surface area (Å²) < 4.78 is 91.8. The van der Waals surface area contributed by atoms with Crippen molar-refractivity contribution in [3.63, 3.8) is 0 Å². The molecule has 266 valence electrons. The van der Waals surface area contributed by atoms with E-state index in [1.807, 2.05) is 0 Å². The molecule has 2 fully saturated rings. The molecule has 2 aromatic rings. The Hall–Kier alpha value is -3.88. The van der Waals surface area contributed by atoms with Gasteiger partial charge in [-0.05, 0) is 13.8 Å². The van der Waals surface area contributed by atoms with E-state index in [9.17, 15) is 46.5 Å². The molecule has 0 aliphatic carbocycles. The van der Waals surface area contributed by atoms with Crippen molar-refractivity contribution in [1.29, 1.82) is 0 Å². The van der Waals surface area contributed by atoms with Gasteiger partial charge >= 0.3 is 37.3 Å². The number of hydrogen-bond donors (Lipinski definition) is 2. The molecular formula is C26H32F3N4O14P. The first-order valence-electron chi connectivity index (χ1n) is 14.2. The molecule has 2 N–H and O–H groups in total. The number of phosphoric ester groups is 1. The van der Waals surface area contributed by atoms with Crippen LogP contribution in [-0.4, -0.2) is 81.5 Å². The van der Waals surface area contributed by atoms with Crippen molar-refractivity contribution in [1.82, 2.24) is 19.1 Å². The van der Waals surface area contributed by atoms with E-state index in [1.165, 1.54) is 26.2 Å². The number of ether oxygens (including phenoxy) is 4. The van der Waals surface area contributed by atoms with Crippen LogP contribution in [0.5, 0.6) is 0 Å². The summed E-state index contributed by atoms with van der Waals surface area (Å²) in [5.41, 5.74) is -2.75. The maximum atomic E-state index is 13.5. The molecule has 4 heterocycles. The monoisotopic (exact) mass is 712 g/mol. The highest BCUT2D eigenvalue weighted by molar-refractivity contribution is 7.48. The summed E-state index contributed by atoms with van der Waals surface area (Å²) in [6.45, 7) is 1.22. The van der Waals surface area contributed by atoms with Crippen molar-refractivity contribution >= 4 is 19.8 Å². The standard InChI is InChI=1S/C26H32F3N4O14P/c1-12-7-32(24(38)30-22(12)36)20-5-16(44-14(3)34)18(46-20)9-41-48(40,43-11-26(27,28)29)42-10-19-17(45-15(4)35)6-21(47-19)33-8-13(2)23(37)31-25(33)39/h7-8,16-21H,5-6,9-11H2,1-4H3,(H,30,36,38)(H,31,37,39)/t16-,17-,18+,19+,20+,21+/m0/s1. The van der Waals surface area contributed by atoms with Gasteiger partial charge in [0, 0.05) is 50.2 Å². The van der Waals surface area contributed by atoms with Gasteiger partial charge in [0.05, 0.1) is 13.2 Å². The summed E-state index contributed by atoms with van der Waals surface area (Å²) in [4.78, 5) is 76.1. The number of carbonyl (C=O) groups excluding carboxylic acids is 2. The summed E-state index contributed by atoms with van der Waals surface area (Å²) in [6, 6.07) is 0. The van der Waals surface area contributed by atoms with Crippen molar-refractivity contribution in [2.45, 2.75) is 83.6 Å². The number of nitrogens with zero attached hydrogens (tertiary/aromatic N) is 2. The number of rotatable bonds is 12. The van der Waals surface area contributed by atoms with E-state index in [0.717, 1.165) is 23.0 Å². The van der Waals surface area contributed by atoms with Gasteiger partial charge in [-0.1, -0.05) is 0 Å². The number of aryl methyl sites for hydroxylation is 2. The molecule has 2 aromatic heterocycles. The molecule has 2 aliphatic rings. The first-order valence-corrected chi connectivity index (χ1v) is 15.7. The molecule has 6 atom stereocenters. The first kappa shape index (κ1) is 36.9. The van der Waals surface area contributed by atoms with Crippen molar-refractivity contribution in [2.75, 3.05) is 19.8 Å². The van der Waals surface area contributed by atoms with Crippen LogP contribution in [0.3, 0.4) is 0 Å². The molecule has 0 spiro atoms. The predicted molar refractivity (Wildman–Crippen MR) is 152 cm³/mol. The SMILES string of the molecule is CC(=O)O[C@H]1C[C@H](n2cc(C)c(=O)[nH]c2=O)O[C@@H]1COP(=O)(OC[C@H]1O[C@@H](n2cc(C)c(=O)[nH]c2=O)C[C@@H]1OC(C)=O)OCC(F)(F)F. The number of aromatic amines is 2. The molecule has 0 radical (unpaired) electrons. The Balaban J connectivity index is 1.53. The van der Waals surface area contributed by atoms with Crippen LogP contribution in [-0.2, 0) is 46.7 Å². The largest absolute Gasteiger partial charge is 0.475 e. The third-order valence-corrected chi connectivity index (χ3v) is 8.46. The van der Waals surface area contributed by atoms with Crippen LogP contribution in [0.1, 0.15) is 50.3 Å². The summed E-state index contributed by atoms with van der Waals surface area (Å²) in [7, 11) is -5.17. The summed E-state index contributed by atoms with van der Waals surface area (Å²) in [6.07, 6.45) is -10.2. The number of carbonyl (C=O) groups is 2. The zero-order valence-electron chi connectivity index (χ0n) is 25.8. The number of aromatic nitrogens is 4. The van der Waals surface area contributed by atoms with Gasteiger partial charge in [-0.2, -0.15) is 13.2 Å². The van der Waals surface area contributed by atoms with E-state index in [-0.39, 0.29) is 24.0 Å². The van der Waals surface area contributed by atoms with Crippen molar-refractivity contribution in [3.05, 3.63) is 65.2 Å². The number of alkyl halides is 3. The average Bonchev–Trinajstić information content (AvgIpc) is 3.56. The molecule has 2 saturated heterocycles. The Morgan fingerprint density at radius 2 is 1.21 bits per heavy atom. The van der Waals surface area contributed by atoms with Crippen LogP contribution in [0.2, 0.25) is 0 Å². The van der Waals surface area contributed by atoms with Crippen LogP contribution in [0.4, 0.5) is 13.2 Å². The van der Waals surface area contributed by atoms with Crippen LogP contribution < -0.4 is 22.5 Å². The molecule has 0 saturated carbocycles. The normalized spacial score (nSPS) is 24.5. The number of nitrogens with one attached hydrogen (secondary N) is 2. The van der Waals surface area contributed by atoms with Crippen molar-refractivity contribution in [3.8, 4) is 0 Å². The number of H-pyrrole nitrogens is 2. The second-order valence-electron chi connectivity index (χ2n) is 10.9. The maximum absolute atomic E-state index is 13.5. The Labute approximate surface area is 267 Å². The quantitative estimate of drug-likeness (QED) is 0.230. The summed E-state index contributed by atoms with van der Waals surface area (Å²) in [5, 5.41) is 0. The summed E-state index contributed by atoms with van der Waals surface area (Å²) >= 11 is 0. The Bertz CT molecular complexity index is 1690. The first-order chi connectivity index (χ1) is 22.3. The fraction of sp³-hybridized carbons (Fsp3) is 0.615. The molecule has 0 aromatic carbocycles. The molecule has 22 heteroatoms. The Kier molecular flexibility index (Phi) is 11.3. The lowest BCUT2D eigenvalue weighted by Crippen LogP contribution is -2.34. The smallest absolute Gasteiger partial charge is 0.460 e. The van der Waals surface area contributed by atoms with Gasteiger partial charge in [0.1, 0.15) is 36.9 Å². The summed E-state index contributed by atoms with van der Waals surface area (Å²) in [5.74, 6) is -1.57.